The summed E-state index contributed by atoms with van der Waals surface area (Å²) in [6.45, 7) is 0. The third-order valence-electron chi connectivity index (χ3n) is 2.53. The minimum atomic E-state index is -0.910. The number of carbonyl (C=O) groups is 1. The van der Waals surface area contributed by atoms with Gasteiger partial charge in [0.15, 0.2) is 11.5 Å². The Morgan fingerprint density at radius 2 is 1.83 bits per heavy atom. The zero-order chi connectivity index (χ0) is 13.1. The summed E-state index contributed by atoms with van der Waals surface area (Å²) in [6, 6.07) is 7.14. The molecule has 0 saturated carbocycles. The molecule has 0 amide bonds. The van der Waals surface area contributed by atoms with Gasteiger partial charge in [-0.05, 0) is 34.7 Å². The summed E-state index contributed by atoms with van der Waals surface area (Å²) in [6.07, 6.45) is 0. The molecule has 0 saturated heterocycles. The Bertz CT molecular complexity index is 574. The maximum atomic E-state index is 10.8. The van der Waals surface area contributed by atoms with Crippen molar-refractivity contribution < 1.29 is 19.4 Å². The molecule has 1 aromatic carbocycles. The van der Waals surface area contributed by atoms with Crippen molar-refractivity contribution in [3.8, 4) is 22.6 Å². The van der Waals surface area contributed by atoms with Crippen LogP contribution in [0.5, 0.6) is 11.5 Å². The molecule has 2 rings (SSSR count). The number of carboxylic acids is 1. The minimum absolute atomic E-state index is 0.319. The van der Waals surface area contributed by atoms with Gasteiger partial charge in [0.05, 0.1) is 14.2 Å². The molecule has 0 bridgehead atoms. The van der Waals surface area contributed by atoms with Crippen molar-refractivity contribution >= 4 is 17.3 Å². The van der Waals surface area contributed by atoms with E-state index in [2.05, 4.69) is 0 Å². The number of aromatic carboxylic acids is 1. The van der Waals surface area contributed by atoms with Crippen molar-refractivity contribution in [2.24, 2.45) is 0 Å². The number of rotatable bonds is 4. The van der Waals surface area contributed by atoms with Crippen LogP contribution < -0.4 is 9.47 Å². The van der Waals surface area contributed by atoms with Crippen molar-refractivity contribution in [2.45, 2.75) is 0 Å². The molecule has 0 aliphatic rings. The molecule has 18 heavy (non-hydrogen) atoms. The molecule has 0 radical (unpaired) electrons. The van der Waals surface area contributed by atoms with E-state index >= 15 is 0 Å². The van der Waals surface area contributed by atoms with Crippen LogP contribution in [0.4, 0.5) is 0 Å². The molecule has 0 atom stereocenters. The van der Waals surface area contributed by atoms with Crippen molar-refractivity contribution in [2.75, 3.05) is 14.2 Å². The van der Waals surface area contributed by atoms with Gasteiger partial charge < -0.3 is 14.6 Å². The summed E-state index contributed by atoms with van der Waals surface area (Å²) in [5.74, 6) is 0.361. The van der Waals surface area contributed by atoms with Crippen molar-refractivity contribution in [1.82, 2.24) is 0 Å². The summed E-state index contributed by atoms with van der Waals surface area (Å²) in [7, 11) is 3.14. The quantitative estimate of drug-likeness (QED) is 0.921. The van der Waals surface area contributed by atoms with Crippen molar-refractivity contribution in [3.63, 3.8) is 0 Å². The number of ether oxygens (including phenoxy) is 2. The van der Waals surface area contributed by atoms with E-state index in [1.807, 2.05) is 17.5 Å². The Kier molecular flexibility index (Phi) is 3.53. The van der Waals surface area contributed by atoms with Gasteiger partial charge in [-0.25, -0.2) is 4.79 Å². The number of methoxy groups -OCH3 is 2. The number of hydrogen-bond donors (Lipinski definition) is 1. The SMILES string of the molecule is COc1ccc(-c2csc(C(=O)O)c2)cc1OC. The van der Waals surface area contributed by atoms with E-state index < -0.39 is 5.97 Å². The maximum absolute atomic E-state index is 10.8. The fourth-order valence-electron chi connectivity index (χ4n) is 1.62. The second kappa shape index (κ2) is 5.10. The molecule has 0 aliphatic carbocycles. The molecule has 1 aromatic heterocycles. The van der Waals surface area contributed by atoms with Crippen molar-refractivity contribution in [3.05, 3.63) is 34.5 Å². The number of benzene rings is 1. The summed E-state index contributed by atoms with van der Waals surface area (Å²) in [5.41, 5.74) is 1.76. The first-order chi connectivity index (χ1) is 8.65. The first-order valence-electron chi connectivity index (χ1n) is 5.20. The molecule has 94 valence electrons. The average molecular weight is 264 g/mol. The fraction of sp³-hybridized carbons (Fsp3) is 0.154. The van der Waals surface area contributed by atoms with Gasteiger partial charge in [-0.15, -0.1) is 11.3 Å². The second-order valence-corrected chi connectivity index (χ2v) is 4.49. The minimum Gasteiger partial charge on any atom is -0.493 e. The number of thiophene rings is 1. The van der Waals surface area contributed by atoms with Crippen LogP contribution in [0.1, 0.15) is 9.67 Å². The molecule has 5 heteroatoms. The lowest BCUT2D eigenvalue weighted by Gasteiger charge is -2.08. The van der Waals surface area contributed by atoms with Gasteiger partial charge in [0, 0.05) is 0 Å². The predicted octanol–water partition coefficient (Wildman–Crippen LogP) is 3.13. The lowest BCUT2D eigenvalue weighted by molar-refractivity contribution is 0.0702. The Balaban J connectivity index is 2.41. The molecule has 0 spiro atoms. The van der Waals surface area contributed by atoms with Crippen LogP contribution in [0.3, 0.4) is 0 Å². The Labute approximate surface area is 108 Å². The molecule has 1 heterocycles. The summed E-state index contributed by atoms with van der Waals surface area (Å²) in [4.78, 5) is 11.2. The normalized spacial score (nSPS) is 10.1. The van der Waals surface area contributed by atoms with E-state index in [1.54, 1.807) is 26.4 Å². The van der Waals surface area contributed by atoms with Crippen LogP contribution in [0.2, 0.25) is 0 Å². The third-order valence-corrected chi connectivity index (χ3v) is 3.45. The van der Waals surface area contributed by atoms with Gasteiger partial charge in [-0.3, -0.25) is 0 Å². The third kappa shape index (κ3) is 2.31. The van der Waals surface area contributed by atoms with Crippen LogP contribution in [0.15, 0.2) is 29.6 Å². The van der Waals surface area contributed by atoms with Crippen LogP contribution in [-0.4, -0.2) is 25.3 Å². The summed E-state index contributed by atoms with van der Waals surface area (Å²) in [5, 5.41) is 10.7. The molecule has 0 unspecified atom stereocenters. The Morgan fingerprint density at radius 1 is 1.11 bits per heavy atom. The predicted molar refractivity (Wildman–Crippen MR) is 69.8 cm³/mol. The van der Waals surface area contributed by atoms with E-state index in [9.17, 15) is 4.79 Å². The highest BCUT2D eigenvalue weighted by atomic mass is 32.1. The van der Waals surface area contributed by atoms with Crippen molar-refractivity contribution in [1.29, 1.82) is 0 Å². The molecular formula is C13H12O4S. The fourth-order valence-corrected chi connectivity index (χ4v) is 2.37. The number of carboxylic acid groups (broad SMARTS) is 1. The highest BCUT2D eigenvalue weighted by Gasteiger charge is 2.10. The van der Waals surface area contributed by atoms with Gasteiger partial charge in [-0.1, -0.05) is 6.07 Å². The van der Waals surface area contributed by atoms with E-state index in [0.29, 0.717) is 16.4 Å². The zero-order valence-corrected chi connectivity index (χ0v) is 10.8. The standard InChI is InChI=1S/C13H12O4S/c1-16-10-4-3-8(5-11(10)17-2)9-6-12(13(14)15)18-7-9/h3-7H,1-2H3,(H,14,15). The number of hydrogen-bond acceptors (Lipinski definition) is 4. The molecule has 0 aliphatic heterocycles. The van der Waals surface area contributed by atoms with Gasteiger partial charge in [0.2, 0.25) is 0 Å². The van der Waals surface area contributed by atoms with E-state index in [4.69, 9.17) is 14.6 Å². The first kappa shape index (κ1) is 12.4. The van der Waals surface area contributed by atoms with Crippen LogP contribution >= 0.6 is 11.3 Å². The second-order valence-electron chi connectivity index (χ2n) is 3.57. The molecular weight excluding hydrogens is 252 g/mol. The van der Waals surface area contributed by atoms with Gasteiger partial charge in [0.1, 0.15) is 4.88 Å². The molecule has 0 fully saturated rings. The van der Waals surface area contributed by atoms with Crippen LogP contribution in [0.25, 0.3) is 11.1 Å². The van der Waals surface area contributed by atoms with E-state index in [1.165, 1.54) is 11.3 Å². The summed E-state index contributed by atoms with van der Waals surface area (Å²) >= 11 is 1.20. The highest BCUT2D eigenvalue weighted by molar-refractivity contribution is 7.12. The largest absolute Gasteiger partial charge is 0.493 e. The van der Waals surface area contributed by atoms with E-state index in [-0.39, 0.29) is 0 Å². The Morgan fingerprint density at radius 3 is 2.39 bits per heavy atom. The van der Waals surface area contributed by atoms with Gasteiger partial charge >= 0.3 is 5.97 Å². The van der Waals surface area contributed by atoms with Crippen LogP contribution in [0, 0.1) is 0 Å². The monoisotopic (exact) mass is 264 g/mol. The lowest BCUT2D eigenvalue weighted by atomic mass is 10.1. The van der Waals surface area contributed by atoms with E-state index in [0.717, 1.165) is 11.1 Å². The first-order valence-corrected chi connectivity index (χ1v) is 6.08. The topological polar surface area (TPSA) is 55.8 Å². The van der Waals surface area contributed by atoms with Gasteiger partial charge in [-0.2, -0.15) is 0 Å². The summed E-state index contributed by atoms with van der Waals surface area (Å²) < 4.78 is 10.4. The molecule has 4 nitrogen and oxygen atoms in total. The van der Waals surface area contributed by atoms with Crippen LogP contribution in [-0.2, 0) is 0 Å². The Hall–Kier alpha value is -2.01. The highest BCUT2D eigenvalue weighted by Crippen LogP contribution is 2.33. The lowest BCUT2D eigenvalue weighted by Crippen LogP contribution is -1.91. The zero-order valence-electron chi connectivity index (χ0n) is 9.97. The smallest absolute Gasteiger partial charge is 0.345 e. The van der Waals surface area contributed by atoms with Gasteiger partial charge in [0.25, 0.3) is 0 Å². The molecule has 1 N–H and O–H groups in total. The average Bonchev–Trinajstić information content (AvgIpc) is 2.87. The molecule has 2 aromatic rings. The maximum Gasteiger partial charge on any atom is 0.345 e.